The summed E-state index contributed by atoms with van der Waals surface area (Å²) in [4.78, 5) is 30.6. The van der Waals surface area contributed by atoms with Crippen LogP contribution in [0.25, 0.3) is 0 Å². The number of benzene rings is 2. The van der Waals surface area contributed by atoms with Crippen molar-refractivity contribution in [2.45, 2.75) is 26.2 Å². The van der Waals surface area contributed by atoms with Crippen molar-refractivity contribution < 1.29 is 19.1 Å². The number of carbonyl (C=O) groups is 2. The van der Waals surface area contributed by atoms with Gasteiger partial charge in [-0.1, -0.05) is 44.5 Å². The number of carbonyl (C=O) groups excluding carboxylic acids is 2. The van der Waals surface area contributed by atoms with E-state index < -0.39 is 5.97 Å². The van der Waals surface area contributed by atoms with Gasteiger partial charge in [0.25, 0.3) is 5.91 Å². The number of esters is 1. The summed E-state index contributed by atoms with van der Waals surface area (Å²) in [6.45, 7) is 6.13. The molecule has 0 atom stereocenters. The van der Waals surface area contributed by atoms with Crippen LogP contribution in [0, 0.1) is 0 Å². The van der Waals surface area contributed by atoms with Gasteiger partial charge in [-0.15, -0.1) is 0 Å². The monoisotopic (exact) mass is 481 g/mol. The number of aromatic nitrogens is 1. The summed E-state index contributed by atoms with van der Waals surface area (Å²) in [5.74, 6) is 0.0397. The molecular formula is C26H28ClN3O4. The van der Waals surface area contributed by atoms with E-state index in [1.165, 1.54) is 12.7 Å². The zero-order valence-electron chi connectivity index (χ0n) is 19.9. The summed E-state index contributed by atoms with van der Waals surface area (Å²) >= 11 is 6.33. The average molecular weight is 482 g/mol. The highest BCUT2D eigenvalue weighted by atomic mass is 35.5. The number of anilines is 3. The lowest BCUT2D eigenvalue weighted by Crippen LogP contribution is -2.18. The Morgan fingerprint density at radius 1 is 1.09 bits per heavy atom. The summed E-state index contributed by atoms with van der Waals surface area (Å²) < 4.78 is 10.3. The number of amides is 1. The Labute approximate surface area is 204 Å². The number of ether oxygens (including phenoxy) is 2. The van der Waals surface area contributed by atoms with Gasteiger partial charge < -0.3 is 19.7 Å². The Morgan fingerprint density at radius 2 is 1.79 bits per heavy atom. The SMILES string of the molecule is COC(=O)COc1ccc(C(=O)Nc2ccc(C(C)(C)C)cc2)cc1N(C)c1ncccc1Cl. The second-order valence-electron chi connectivity index (χ2n) is 8.70. The lowest BCUT2D eigenvalue weighted by Gasteiger charge is -2.23. The highest BCUT2D eigenvalue weighted by Crippen LogP contribution is 2.36. The molecule has 0 spiro atoms. The molecule has 0 saturated heterocycles. The molecular weight excluding hydrogens is 454 g/mol. The van der Waals surface area contributed by atoms with Crippen molar-refractivity contribution in [1.82, 2.24) is 4.98 Å². The predicted molar refractivity (Wildman–Crippen MR) is 134 cm³/mol. The maximum absolute atomic E-state index is 13.0. The van der Waals surface area contributed by atoms with E-state index in [4.69, 9.17) is 16.3 Å². The van der Waals surface area contributed by atoms with Gasteiger partial charge in [-0.05, 0) is 53.4 Å². The molecule has 1 heterocycles. The summed E-state index contributed by atoms with van der Waals surface area (Å²) in [7, 11) is 3.04. The van der Waals surface area contributed by atoms with Gasteiger partial charge in [-0.25, -0.2) is 9.78 Å². The molecule has 0 bridgehead atoms. The molecule has 1 amide bonds. The molecule has 8 heteroatoms. The largest absolute Gasteiger partial charge is 0.480 e. The van der Waals surface area contributed by atoms with Gasteiger partial charge in [0.2, 0.25) is 0 Å². The average Bonchev–Trinajstić information content (AvgIpc) is 2.82. The maximum Gasteiger partial charge on any atom is 0.343 e. The van der Waals surface area contributed by atoms with E-state index in [1.807, 2.05) is 24.3 Å². The van der Waals surface area contributed by atoms with Crippen LogP contribution >= 0.6 is 11.6 Å². The second kappa shape index (κ2) is 10.6. The van der Waals surface area contributed by atoms with Crippen LogP contribution in [-0.4, -0.2) is 37.6 Å². The summed E-state index contributed by atoms with van der Waals surface area (Å²) in [6.07, 6.45) is 1.62. The van der Waals surface area contributed by atoms with E-state index in [0.29, 0.717) is 33.5 Å². The first kappa shape index (κ1) is 25.1. The Morgan fingerprint density at radius 3 is 2.41 bits per heavy atom. The second-order valence-corrected chi connectivity index (χ2v) is 9.10. The van der Waals surface area contributed by atoms with Gasteiger partial charge in [-0.3, -0.25) is 4.79 Å². The van der Waals surface area contributed by atoms with E-state index in [1.54, 1.807) is 48.5 Å². The zero-order chi connectivity index (χ0) is 24.9. The molecule has 3 aromatic rings. The molecule has 0 aliphatic rings. The van der Waals surface area contributed by atoms with Crippen LogP contribution in [0.1, 0.15) is 36.7 Å². The Balaban J connectivity index is 1.90. The lowest BCUT2D eigenvalue weighted by atomic mass is 9.87. The molecule has 0 aliphatic carbocycles. The highest BCUT2D eigenvalue weighted by molar-refractivity contribution is 6.33. The third kappa shape index (κ3) is 6.05. The molecule has 0 radical (unpaired) electrons. The van der Waals surface area contributed by atoms with E-state index in [-0.39, 0.29) is 17.9 Å². The Bertz CT molecular complexity index is 1170. The number of hydrogen-bond acceptors (Lipinski definition) is 6. The zero-order valence-corrected chi connectivity index (χ0v) is 20.6. The van der Waals surface area contributed by atoms with Gasteiger partial charge in [0, 0.05) is 24.5 Å². The molecule has 178 valence electrons. The number of halogens is 1. The minimum Gasteiger partial charge on any atom is -0.480 e. The standard InChI is InChI=1S/C26H28ClN3O4/c1-26(2,3)18-9-11-19(12-10-18)29-25(32)17-8-13-22(34-16-23(31)33-5)21(15-17)30(4)24-20(27)7-6-14-28-24/h6-15H,16H2,1-5H3,(H,29,32). The molecule has 1 aromatic heterocycles. The first-order chi connectivity index (χ1) is 16.1. The lowest BCUT2D eigenvalue weighted by molar-refractivity contribution is -0.142. The molecule has 1 N–H and O–H groups in total. The third-order valence-corrected chi connectivity index (χ3v) is 5.52. The van der Waals surface area contributed by atoms with Crippen LogP contribution in [0.5, 0.6) is 5.75 Å². The minimum absolute atomic E-state index is 0.0226. The van der Waals surface area contributed by atoms with Gasteiger partial charge >= 0.3 is 5.97 Å². The van der Waals surface area contributed by atoms with E-state index >= 15 is 0 Å². The third-order valence-electron chi connectivity index (χ3n) is 5.22. The normalized spacial score (nSPS) is 11.0. The Hall–Kier alpha value is -3.58. The number of rotatable bonds is 7. The highest BCUT2D eigenvalue weighted by Gasteiger charge is 2.19. The number of nitrogens with one attached hydrogen (secondary N) is 1. The van der Waals surface area contributed by atoms with Crippen LogP contribution in [0.2, 0.25) is 5.02 Å². The van der Waals surface area contributed by atoms with Gasteiger partial charge in [0.05, 0.1) is 17.8 Å². The van der Waals surface area contributed by atoms with Crippen LogP contribution in [0.4, 0.5) is 17.2 Å². The van der Waals surface area contributed by atoms with Crippen molar-refractivity contribution in [3.63, 3.8) is 0 Å². The van der Waals surface area contributed by atoms with Crippen molar-refractivity contribution in [2.75, 3.05) is 31.0 Å². The smallest absolute Gasteiger partial charge is 0.343 e. The van der Waals surface area contributed by atoms with Crippen LogP contribution in [0.15, 0.2) is 60.8 Å². The summed E-state index contributed by atoms with van der Waals surface area (Å²) in [5.41, 5.74) is 2.80. The van der Waals surface area contributed by atoms with E-state index in [0.717, 1.165) is 0 Å². The molecule has 0 fully saturated rings. The van der Waals surface area contributed by atoms with E-state index in [9.17, 15) is 9.59 Å². The van der Waals surface area contributed by atoms with Gasteiger partial charge in [0.1, 0.15) is 5.75 Å². The number of pyridine rings is 1. The van der Waals surface area contributed by atoms with Crippen LogP contribution in [-0.2, 0) is 14.9 Å². The molecule has 2 aromatic carbocycles. The number of hydrogen-bond donors (Lipinski definition) is 1. The van der Waals surface area contributed by atoms with Crippen molar-refractivity contribution in [1.29, 1.82) is 0 Å². The van der Waals surface area contributed by atoms with Crippen molar-refractivity contribution in [3.05, 3.63) is 76.9 Å². The quantitative estimate of drug-likeness (QED) is 0.442. The number of nitrogens with zero attached hydrogens (tertiary/aromatic N) is 2. The molecule has 0 unspecified atom stereocenters. The molecule has 0 saturated carbocycles. The topological polar surface area (TPSA) is 80.8 Å². The fraction of sp³-hybridized carbons (Fsp3) is 0.269. The van der Waals surface area contributed by atoms with Crippen LogP contribution in [0.3, 0.4) is 0 Å². The Kier molecular flexibility index (Phi) is 7.79. The minimum atomic E-state index is -0.523. The summed E-state index contributed by atoms with van der Waals surface area (Å²) in [5, 5.41) is 3.35. The van der Waals surface area contributed by atoms with Crippen LogP contribution < -0.4 is 15.0 Å². The molecule has 0 aliphatic heterocycles. The van der Waals surface area contributed by atoms with Crippen molar-refractivity contribution >= 4 is 40.7 Å². The van der Waals surface area contributed by atoms with Crippen molar-refractivity contribution in [3.8, 4) is 5.75 Å². The van der Waals surface area contributed by atoms with Gasteiger partial charge in [0.15, 0.2) is 12.4 Å². The van der Waals surface area contributed by atoms with Crippen molar-refractivity contribution in [2.24, 2.45) is 0 Å². The molecule has 34 heavy (non-hydrogen) atoms. The molecule has 7 nitrogen and oxygen atoms in total. The fourth-order valence-corrected chi connectivity index (χ4v) is 3.48. The fourth-order valence-electron chi connectivity index (χ4n) is 3.23. The van der Waals surface area contributed by atoms with Gasteiger partial charge in [-0.2, -0.15) is 0 Å². The van der Waals surface area contributed by atoms with E-state index in [2.05, 4.69) is 35.8 Å². The first-order valence-electron chi connectivity index (χ1n) is 10.7. The maximum atomic E-state index is 13.0. The summed E-state index contributed by atoms with van der Waals surface area (Å²) in [6, 6.07) is 16.1. The number of methoxy groups -OCH3 is 1. The predicted octanol–water partition coefficient (Wildman–Crippen LogP) is 5.60. The molecule has 3 rings (SSSR count). The first-order valence-corrected chi connectivity index (χ1v) is 11.1.